The van der Waals surface area contributed by atoms with Crippen molar-refractivity contribution in [3.63, 3.8) is 0 Å². The number of anilines is 1. The summed E-state index contributed by atoms with van der Waals surface area (Å²) in [5, 5.41) is 12.8. The SMILES string of the molecule is CCc1ccccc1NC(=O)CSc1nnc(C(C)Oc2ccc(Cl)c(C)c2)n1C. The Morgan fingerprint density at radius 2 is 2.03 bits per heavy atom. The summed E-state index contributed by atoms with van der Waals surface area (Å²) in [6.07, 6.45) is 0.559. The molecule has 1 heterocycles. The summed E-state index contributed by atoms with van der Waals surface area (Å²) < 4.78 is 7.84. The van der Waals surface area contributed by atoms with Gasteiger partial charge in [-0.1, -0.05) is 48.5 Å². The third-order valence-electron chi connectivity index (χ3n) is 4.68. The standard InChI is InChI=1S/C22H25ClN4O2S/c1-5-16-8-6-7-9-19(16)24-20(28)13-30-22-26-25-21(27(22)4)15(3)29-17-10-11-18(23)14(2)12-17/h6-12,15H,5,13H2,1-4H3,(H,24,28). The van der Waals surface area contributed by atoms with Gasteiger partial charge in [0.25, 0.3) is 0 Å². The molecule has 8 heteroatoms. The first-order chi connectivity index (χ1) is 14.4. The third kappa shape index (κ3) is 5.34. The van der Waals surface area contributed by atoms with Gasteiger partial charge in [0.15, 0.2) is 17.1 Å². The number of aryl methyl sites for hydroxylation is 2. The minimum Gasteiger partial charge on any atom is -0.483 e. The van der Waals surface area contributed by atoms with Gasteiger partial charge >= 0.3 is 0 Å². The molecule has 0 aliphatic rings. The molecule has 0 radical (unpaired) electrons. The van der Waals surface area contributed by atoms with E-state index in [-0.39, 0.29) is 17.8 Å². The van der Waals surface area contributed by atoms with Crippen molar-refractivity contribution in [1.29, 1.82) is 0 Å². The number of hydrogen-bond donors (Lipinski definition) is 1. The number of para-hydroxylation sites is 1. The van der Waals surface area contributed by atoms with E-state index in [0.717, 1.165) is 29.0 Å². The first kappa shape index (κ1) is 22.2. The van der Waals surface area contributed by atoms with Crippen LogP contribution in [0.1, 0.15) is 36.9 Å². The second-order valence-corrected chi connectivity index (χ2v) is 8.27. The Labute approximate surface area is 186 Å². The maximum absolute atomic E-state index is 12.4. The van der Waals surface area contributed by atoms with E-state index < -0.39 is 0 Å². The number of carbonyl (C=O) groups excluding carboxylic acids is 1. The lowest BCUT2D eigenvalue weighted by molar-refractivity contribution is -0.113. The Morgan fingerprint density at radius 3 is 2.77 bits per heavy atom. The van der Waals surface area contributed by atoms with Crippen molar-refractivity contribution in [2.24, 2.45) is 7.05 Å². The predicted molar refractivity (Wildman–Crippen MR) is 121 cm³/mol. The van der Waals surface area contributed by atoms with Crippen LogP contribution in [-0.2, 0) is 18.3 Å². The molecule has 3 rings (SSSR count). The van der Waals surface area contributed by atoms with Crippen LogP contribution in [0.15, 0.2) is 47.6 Å². The van der Waals surface area contributed by atoms with Crippen molar-refractivity contribution >= 4 is 35.0 Å². The van der Waals surface area contributed by atoms with Gasteiger partial charge in [-0.3, -0.25) is 4.79 Å². The first-order valence-corrected chi connectivity index (χ1v) is 11.1. The molecule has 0 fully saturated rings. The summed E-state index contributed by atoms with van der Waals surface area (Å²) in [6, 6.07) is 13.4. The smallest absolute Gasteiger partial charge is 0.234 e. The normalized spacial score (nSPS) is 11.9. The Hall–Kier alpha value is -2.51. The average molecular weight is 445 g/mol. The van der Waals surface area contributed by atoms with Crippen LogP contribution < -0.4 is 10.1 Å². The highest BCUT2D eigenvalue weighted by Crippen LogP contribution is 2.27. The van der Waals surface area contributed by atoms with Crippen molar-refractivity contribution in [3.8, 4) is 5.75 Å². The molecule has 3 aromatic rings. The third-order valence-corrected chi connectivity index (χ3v) is 6.12. The zero-order chi connectivity index (χ0) is 21.7. The van der Waals surface area contributed by atoms with E-state index in [1.54, 1.807) is 0 Å². The largest absolute Gasteiger partial charge is 0.483 e. The van der Waals surface area contributed by atoms with Gasteiger partial charge in [-0.2, -0.15) is 0 Å². The zero-order valence-corrected chi connectivity index (χ0v) is 19.0. The summed E-state index contributed by atoms with van der Waals surface area (Å²) in [6.45, 7) is 5.91. The van der Waals surface area contributed by atoms with Crippen LogP contribution in [0.3, 0.4) is 0 Å². The van der Waals surface area contributed by atoms with Gasteiger partial charge in [0.05, 0.1) is 5.75 Å². The topological polar surface area (TPSA) is 69.0 Å². The number of nitrogens with one attached hydrogen (secondary N) is 1. The average Bonchev–Trinajstić information content (AvgIpc) is 3.10. The second kappa shape index (κ2) is 10.00. The number of carbonyl (C=O) groups is 1. The Kier molecular flexibility index (Phi) is 7.39. The second-order valence-electron chi connectivity index (χ2n) is 6.92. The Balaban J connectivity index is 1.60. The number of nitrogens with zero attached hydrogens (tertiary/aromatic N) is 3. The number of thioether (sulfide) groups is 1. The van der Waals surface area contributed by atoms with Crippen LogP contribution in [0.2, 0.25) is 5.02 Å². The number of halogens is 1. The Bertz CT molecular complexity index is 1040. The lowest BCUT2D eigenvalue weighted by atomic mass is 10.1. The summed E-state index contributed by atoms with van der Waals surface area (Å²) in [7, 11) is 1.87. The van der Waals surface area contributed by atoms with Gasteiger partial charge in [-0.15, -0.1) is 10.2 Å². The van der Waals surface area contributed by atoms with Gasteiger partial charge in [0.1, 0.15) is 5.75 Å². The minimum atomic E-state index is -0.303. The number of ether oxygens (including phenoxy) is 1. The molecule has 1 aromatic heterocycles. The molecule has 0 aliphatic heterocycles. The van der Waals surface area contributed by atoms with E-state index in [0.29, 0.717) is 16.0 Å². The number of rotatable bonds is 8. The van der Waals surface area contributed by atoms with Crippen molar-refractivity contribution in [1.82, 2.24) is 14.8 Å². The van der Waals surface area contributed by atoms with Crippen LogP contribution >= 0.6 is 23.4 Å². The van der Waals surface area contributed by atoms with E-state index in [1.807, 2.05) is 67.9 Å². The van der Waals surface area contributed by atoms with Gasteiger partial charge in [0.2, 0.25) is 5.91 Å². The fourth-order valence-electron chi connectivity index (χ4n) is 3.02. The van der Waals surface area contributed by atoms with Crippen molar-refractivity contribution in [3.05, 3.63) is 64.4 Å². The molecule has 158 valence electrons. The number of hydrogen-bond acceptors (Lipinski definition) is 5. The van der Waals surface area contributed by atoms with Gasteiger partial charge < -0.3 is 14.6 Å². The molecule has 0 spiro atoms. The molecule has 0 saturated carbocycles. The van der Waals surface area contributed by atoms with Crippen molar-refractivity contribution in [2.45, 2.75) is 38.5 Å². The lowest BCUT2D eigenvalue weighted by Gasteiger charge is -2.15. The summed E-state index contributed by atoms with van der Waals surface area (Å²) in [5.41, 5.74) is 2.91. The van der Waals surface area contributed by atoms with Crippen molar-refractivity contribution < 1.29 is 9.53 Å². The molecule has 1 amide bonds. The quantitative estimate of drug-likeness (QED) is 0.483. The van der Waals surface area contributed by atoms with Crippen LogP contribution in [0.4, 0.5) is 5.69 Å². The number of benzene rings is 2. The maximum Gasteiger partial charge on any atom is 0.234 e. The fourth-order valence-corrected chi connectivity index (χ4v) is 3.86. The van der Waals surface area contributed by atoms with Gasteiger partial charge in [-0.05, 0) is 55.7 Å². The summed E-state index contributed by atoms with van der Waals surface area (Å²) >= 11 is 7.41. The lowest BCUT2D eigenvalue weighted by Crippen LogP contribution is -2.16. The summed E-state index contributed by atoms with van der Waals surface area (Å²) in [4.78, 5) is 12.4. The van der Waals surface area contributed by atoms with E-state index in [1.165, 1.54) is 11.8 Å². The molecular weight excluding hydrogens is 420 g/mol. The molecule has 0 aliphatic carbocycles. The van der Waals surface area contributed by atoms with Crippen LogP contribution in [-0.4, -0.2) is 26.4 Å². The molecule has 1 N–H and O–H groups in total. The molecular formula is C22H25ClN4O2S. The monoisotopic (exact) mass is 444 g/mol. The van der Waals surface area contributed by atoms with Gasteiger partial charge in [-0.25, -0.2) is 0 Å². The van der Waals surface area contributed by atoms with E-state index >= 15 is 0 Å². The highest BCUT2D eigenvalue weighted by Gasteiger charge is 2.18. The predicted octanol–water partition coefficient (Wildman–Crippen LogP) is 5.21. The van der Waals surface area contributed by atoms with E-state index in [2.05, 4.69) is 22.4 Å². The molecule has 0 bridgehead atoms. The number of amides is 1. The van der Waals surface area contributed by atoms with Crippen LogP contribution in [0.25, 0.3) is 0 Å². The van der Waals surface area contributed by atoms with E-state index in [4.69, 9.17) is 16.3 Å². The minimum absolute atomic E-state index is 0.0774. The zero-order valence-electron chi connectivity index (χ0n) is 17.5. The molecule has 30 heavy (non-hydrogen) atoms. The molecule has 1 atom stereocenters. The summed E-state index contributed by atoms with van der Waals surface area (Å²) in [5.74, 6) is 1.57. The maximum atomic E-state index is 12.4. The van der Waals surface area contributed by atoms with Gasteiger partial charge in [0, 0.05) is 17.8 Å². The van der Waals surface area contributed by atoms with E-state index in [9.17, 15) is 4.79 Å². The first-order valence-electron chi connectivity index (χ1n) is 9.71. The Morgan fingerprint density at radius 1 is 1.27 bits per heavy atom. The molecule has 1 unspecified atom stereocenters. The molecule has 6 nitrogen and oxygen atoms in total. The van der Waals surface area contributed by atoms with Crippen LogP contribution in [0, 0.1) is 6.92 Å². The van der Waals surface area contributed by atoms with Crippen molar-refractivity contribution in [2.75, 3.05) is 11.1 Å². The molecule has 2 aromatic carbocycles. The highest BCUT2D eigenvalue weighted by atomic mass is 35.5. The number of aromatic nitrogens is 3. The highest BCUT2D eigenvalue weighted by molar-refractivity contribution is 7.99. The van der Waals surface area contributed by atoms with Crippen LogP contribution in [0.5, 0.6) is 5.75 Å². The fraction of sp³-hybridized carbons (Fsp3) is 0.318. The molecule has 0 saturated heterocycles.